The number of rotatable bonds is 6. The molecule has 0 radical (unpaired) electrons. The van der Waals surface area contributed by atoms with E-state index in [1.54, 1.807) is 60.5 Å². The Labute approximate surface area is 174 Å². The molecule has 0 spiro atoms. The zero-order valence-electron chi connectivity index (χ0n) is 16.2. The van der Waals surface area contributed by atoms with Crippen molar-refractivity contribution in [1.82, 2.24) is 10.2 Å². The molecule has 0 unspecified atom stereocenters. The molecule has 1 aliphatic heterocycles. The highest BCUT2D eigenvalue weighted by Gasteiger charge is 2.28. The molecule has 0 bridgehead atoms. The fraction of sp³-hybridized carbons (Fsp3) is 0.318. The van der Waals surface area contributed by atoms with Gasteiger partial charge in [-0.2, -0.15) is 0 Å². The Morgan fingerprint density at radius 1 is 1.00 bits per heavy atom. The lowest BCUT2D eigenvalue weighted by Gasteiger charge is -2.31. The maximum absolute atomic E-state index is 12.7. The van der Waals surface area contributed by atoms with Crippen LogP contribution in [0.2, 0.25) is 5.02 Å². The summed E-state index contributed by atoms with van der Waals surface area (Å²) < 4.78 is 5.12. The van der Waals surface area contributed by atoms with Crippen LogP contribution >= 0.6 is 11.6 Å². The molecule has 1 saturated heterocycles. The number of methoxy groups -OCH3 is 1. The molecule has 0 aromatic heterocycles. The van der Waals surface area contributed by atoms with E-state index in [4.69, 9.17) is 16.3 Å². The van der Waals surface area contributed by atoms with E-state index in [1.807, 2.05) is 0 Å². The number of amides is 2. The van der Waals surface area contributed by atoms with E-state index < -0.39 is 0 Å². The maximum Gasteiger partial charge on any atom is 0.251 e. The predicted octanol–water partition coefficient (Wildman–Crippen LogP) is 3.20. The summed E-state index contributed by atoms with van der Waals surface area (Å²) in [4.78, 5) is 38.9. The Hall–Kier alpha value is -2.86. The first-order valence-corrected chi connectivity index (χ1v) is 9.85. The SMILES string of the molecule is COc1ccc(C(=O)C2CCN(C(=O)CNC(=O)c3ccc(Cl)cc3)CC2)cc1. The van der Waals surface area contributed by atoms with Crippen molar-refractivity contribution in [2.24, 2.45) is 5.92 Å². The second kappa shape index (κ2) is 9.56. The molecule has 29 heavy (non-hydrogen) atoms. The summed E-state index contributed by atoms with van der Waals surface area (Å²) in [5.74, 6) is 0.233. The summed E-state index contributed by atoms with van der Waals surface area (Å²) in [6.45, 7) is 0.934. The first-order valence-electron chi connectivity index (χ1n) is 9.47. The van der Waals surface area contributed by atoms with Crippen LogP contribution in [-0.2, 0) is 4.79 Å². The molecule has 2 aromatic rings. The van der Waals surface area contributed by atoms with Crippen molar-refractivity contribution in [2.75, 3.05) is 26.7 Å². The Morgan fingerprint density at radius 2 is 1.59 bits per heavy atom. The van der Waals surface area contributed by atoms with Crippen LogP contribution in [0.25, 0.3) is 0 Å². The van der Waals surface area contributed by atoms with Crippen LogP contribution in [-0.4, -0.2) is 49.2 Å². The number of nitrogens with one attached hydrogen (secondary N) is 1. The fourth-order valence-corrected chi connectivity index (χ4v) is 3.48. The molecule has 2 amide bonds. The van der Waals surface area contributed by atoms with E-state index in [0.29, 0.717) is 47.8 Å². The fourth-order valence-electron chi connectivity index (χ4n) is 3.35. The Balaban J connectivity index is 1.46. The molecule has 1 N–H and O–H groups in total. The predicted molar refractivity (Wildman–Crippen MR) is 110 cm³/mol. The van der Waals surface area contributed by atoms with Gasteiger partial charge in [-0.05, 0) is 61.4 Å². The van der Waals surface area contributed by atoms with Gasteiger partial charge >= 0.3 is 0 Å². The largest absolute Gasteiger partial charge is 0.497 e. The van der Waals surface area contributed by atoms with Crippen LogP contribution in [0.5, 0.6) is 5.75 Å². The van der Waals surface area contributed by atoms with E-state index in [2.05, 4.69) is 5.32 Å². The summed E-state index contributed by atoms with van der Waals surface area (Å²) in [5.41, 5.74) is 1.11. The van der Waals surface area contributed by atoms with Crippen molar-refractivity contribution >= 4 is 29.2 Å². The standard InChI is InChI=1S/C22H23ClN2O4/c1-29-19-8-4-15(5-9-19)21(27)16-10-12-25(13-11-16)20(26)14-24-22(28)17-2-6-18(23)7-3-17/h2-9,16H,10-14H2,1H3,(H,24,28). The minimum absolute atomic E-state index is 0.0709. The second-order valence-corrected chi connectivity index (χ2v) is 7.37. The Kier molecular flexibility index (Phi) is 6.88. The van der Waals surface area contributed by atoms with Gasteiger partial charge in [0.2, 0.25) is 5.91 Å². The minimum atomic E-state index is -0.320. The van der Waals surface area contributed by atoms with Gasteiger partial charge in [0, 0.05) is 35.2 Å². The Morgan fingerprint density at radius 3 is 2.17 bits per heavy atom. The van der Waals surface area contributed by atoms with Crippen LogP contribution < -0.4 is 10.1 Å². The average Bonchev–Trinajstić information content (AvgIpc) is 2.77. The number of ketones is 1. The zero-order valence-corrected chi connectivity index (χ0v) is 16.9. The lowest BCUT2D eigenvalue weighted by Crippen LogP contribution is -2.45. The first kappa shape index (κ1) is 20.9. The smallest absolute Gasteiger partial charge is 0.251 e. The van der Waals surface area contributed by atoms with Gasteiger partial charge in [0.1, 0.15) is 5.75 Å². The molecular formula is C22H23ClN2O4. The molecule has 0 atom stereocenters. The van der Waals surface area contributed by atoms with E-state index in [1.165, 1.54) is 0 Å². The summed E-state index contributed by atoms with van der Waals surface area (Å²) in [6, 6.07) is 13.6. The van der Waals surface area contributed by atoms with Gasteiger partial charge in [0.05, 0.1) is 13.7 Å². The molecule has 2 aromatic carbocycles. The summed E-state index contributed by atoms with van der Waals surface area (Å²) in [5, 5.41) is 3.18. The van der Waals surface area contributed by atoms with E-state index in [-0.39, 0.29) is 30.1 Å². The zero-order chi connectivity index (χ0) is 20.8. The van der Waals surface area contributed by atoms with Gasteiger partial charge in [0.15, 0.2) is 5.78 Å². The number of Topliss-reactive ketones (excluding diaryl/α,β-unsaturated/α-hetero) is 1. The third-order valence-electron chi connectivity index (χ3n) is 5.10. The highest BCUT2D eigenvalue weighted by Crippen LogP contribution is 2.23. The van der Waals surface area contributed by atoms with Crippen molar-refractivity contribution in [3.05, 3.63) is 64.7 Å². The monoisotopic (exact) mass is 414 g/mol. The van der Waals surface area contributed by atoms with Crippen LogP contribution in [0.3, 0.4) is 0 Å². The number of benzene rings is 2. The number of ether oxygens (including phenoxy) is 1. The van der Waals surface area contributed by atoms with E-state index >= 15 is 0 Å². The van der Waals surface area contributed by atoms with Crippen LogP contribution in [0.15, 0.2) is 48.5 Å². The van der Waals surface area contributed by atoms with E-state index in [0.717, 1.165) is 0 Å². The van der Waals surface area contributed by atoms with Crippen molar-refractivity contribution in [1.29, 1.82) is 0 Å². The maximum atomic E-state index is 12.7. The molecule has 3 rings (SSSR count). The minimum Gasteiger partial charge on any atom is -0.497 e. The van der Waals surface area contributed by atoms with Gasteiger partial charge in [-0.15, -0.1) is 0 Å². The lowest BCUT2D eigenvalue weighted by atomic mass is 9.89. The summed E-state index contributed by atoms with van der Waals surface area (Å²) in [7, 11) is 1.58. The van der Waals surface area contributed by atoms with Crippen molar-refractivity contribution < 1.29 is 19.1 Å². The molecule has 1 aliphatic rings. The number of hydrogen-bond acceptors (Lipinski definition) is 4. The molecular weight excluding hydrogens is 392 g/mol. The second-order valence-electron chi connectivity index (χ2n) is 6.94. The number of carbonyl (C=O) groups is 3. The molecule has 7 heteroatoms. The third kappa shape index (κ3) is 5.35. The van der Waals surface area contributed by atoms with Crippen molar-refractivity contribution in [2.45, 2.75) is 12.8 Å². The lowest BCUT2D eigenvalue weighted by molar-refractivity contribution is -0.131. The van der Waals surface area contributed by atoms with Crippen LogP contribution in [0, 0.1) is 5.92 Å². The first-order chi connectivity index (χ1) is 14.0. The number of carbonyl (C=O) groups excluding carboxylic acids is 3. The number of nitrogens with zero attached hydrogens (tertiary/aromatic N) is 1. The van der Waals surface area contributed by atoms with Gasteiger partial charge in [-0.3, -0.25) is 14.4 Å². The number of hydrogen-bond donors (Lipinski definition) is 1. The van der Waals surface area contributed by atoms with Crippen molar-refractivity contribution in [3.8, 4) is 5.75 Å². The van der Waals surface area contributed by atoms with Gasteiger partial charge in [-0.25, -0.2) is 0 Å². The average molecular weight is 415 g/mol. The highest BCUT2D eigenvalue weighted by molar-refractivity contribution is 6.30. The molecule has 6 nitrogen and oxygen atoms in total. The number of likely N-dealkylation sites (tertiary alicyclic amines) is 1. The van der Waals surface area contributed by atoms with Crippen molar-refractivity contribution in [3.63, 3.8) is 0 Å². The number of halogens is 1. The van der Waals surface area contributed by atoms with E-state index in [9.17, 15) is 14.4 Å². The van der Waals surface area contributed by atoms with Crippen LogP contribution in [0.1, 0.15) is 33.6 Å². The third-order valence-corrected chi connectivity index (χ3v) is 5.35. The Bertz CT molecular complexity index is 873. The molecule has 0 aliphatic carbocycles. The summed E-state index contributed by atoms with van der Waals surface area (Å²) >= 11 is 5.81. The molecule has 152 valence electrons. The van der Waals surface area contributed by atoms with Crippen LogP contribution in [0.4, 0.5) is 0 Å². The molecule has 1 fully saturated rings. The highest BCUT2D eigenvalue weighted by atomic mass is 35.5. The quantitative estimate of drug-likeness (QED) is 0.736. The topological polar surface area (TPSA) is 75.7 Å². The molecule has 0 saturated carbocycles. The summed E-state index contributed by atoms with van der Waals surface area (Å²) in [6.07, 6.45) is 1.23. The van der Waals surface area contributed by atoms with Gasteiger partial charge in [0.25, 0.3) is 5.91 Å². The number of piperidine rings is 1. The van der Waals surface area contributed by atoms with Gasteiger partial charge < -0.3 is 15.0 Å². The van der Waals surface area contributed by atoms with Gasteiger partial charge in [-0.1, -0.05) is 11.6 Å². The molecule has 1 heterocycles. The normalized spacial score (nSPS) is 14.3.